The number of aryl methyl sites for hydroxylation is 1. The Bertz CT molecular complexity index is 1070. The number of hydrogen-bond acceptors (Lipinski definition) is 5. The first-order valence-corrected chi connectivity index (χ1v) is 11.8. The van der Waals surface area contributed by atoms with Crippen LogP contribution in [0.2, 0.25) is 5.02 Å². The van der Waals surface area contributed by atoms with Crippen LogP contribution in [-0.2, 0) is 17.8 Å². The summed E-state index contributed by atoms with van der Waals surface area (Å²) in [5, 5.41) is 10.5. The van der Waals surface area contributed by atoms with E-state index in [0.717, 1.165) is 0 Å². The van der Waals surface area contributed by atoms with Crippen molar-refractivity contribution in [1.29, 1.82) is 0 Å². The zero-order chi connectivity index (χ0) is 25.8. The molecule has 192 valence electrons. The summed E-state index contributed by atoms with van der Waals surface area (Å²) in [5.41, 5.74) is -0.425. The molecule has 7 nitrogen and oxygen atoms in total. The van der Waals surface area contributed by atoms with Gasteiger partial charge in [0.2, 0.25) is 5.91 Å². The van der Waals surface area contributed by atoms with Crippen LogP contribution in [0.4, 0.5) is 13.2 Å². The quantitative estimate of drug-likeness (QED) is 0.584. The Balaban J connectivity index is 1.78. The van der Waals surface area contributed by atoms with Gasteiger partial charge in [0.25, 0.3) is 5.56 Å². The average molecular weight is 515 g/mol. The first kappa shape index (κ1) is 27.2. The summed E-state index contributed by atoms with van der Waals surface area (Å²) in [5.74, 6) is -0.158. The Hall–Kier alpha value is -2.43. The van der Waals surface area contributed by atoms with E-state index in [1.807, 2.05) is 0 Å². The topological polar surface area (TPSA) is 78.7 Å². The normalized spacial score (nSPS) is 15.5. The molecule has 2 aromatic rings. The first-order chi connectivity index (χ1) is 16.3. The molecular weight excluding hydrogens is 485 g/mol. The lowest BCUT2D eigenvalue weighted by Gasteiger charge is -2.37. The van der Waals surface area contributed by atoms with E-state index in [1.54, 1.807) is 43.0 Å². The second kappa shape index (κ2) is 11.1. The summed E-state index contributed by atoms with van der Waals surface area (Å²) >= 11 is 5.92. The fourth-order valence-corrected chi connectivity index (χ4v) is 4.19. The number of aromatic nitrogens is 2. The van der Waals surface area contributed by atoms with Crippen LogP contribution in [0.1, 0.15) is 32.5 Å². The molecule has 11 heteroatoms. The summed E-state index contributed by atoms with van der Waals surface area (Å²) in [4.78, 5) is 34.1. The van der Waals surface area contributed by atoms with Crippen LogP contribution < -0.4 is 5.56 Å². The number of nitrogens with zero attached hydrogens (tertiary/aromatic N) is 4. The van der Waals surface area contributed by atoms with Gasteiger partial charge in [0, 0.05) is 62.2 Å². The van der Waals surface area contributed by atoms with Gasteiger partial charge >= 0.3 is 6.18 Å². The second-order valence-electron chi connectivity index (χ2n) is 9.43. The predicted molar refractivity (Wildman–Crippen MR) is 127 cm³/mol. The van der Waals surface area contributed by atoms with Crippen molar-refractivity contribution in [2.24, 2.45) is 0 Å². The molecular formula is C24H30ClF3N4O3. The van der Waals surface area contributed by atoms with Gasteiger partial charge < -0.3 is 10.0 Å². The molecule has 0 aliphatic carbocycles. The Labute approximate surface area is 207 Å². The van der Waals surface area contributed by atoms with E-state index in [9.17, 15) is 27.9 Å². The molecule has 0 spiro atoms. The van der Waals surface area contributed by atoms with E-state index in [1.165, 1.54) is 10.6 Å². The van der Waals surface area contributed by atoms with Gasteiger partial charge in [-0.05, 0) is 32.4 Å². The number of alkyl halides is 3. The molecule has 2 heterocycles. The van der Waals surface area contributed by atoms with Crippen molar-refractivity contribution in [3.05, 3.63) is 51.5 Å². The van der Waals surface area contributed by atoms with Gasteiger partial charge in [-0.2, -0.15) is 13.2 Å². The number of rotatable bonds is 8. The van der Waals surface area contributed by atoms with Crippen molar-refractivity contribution in [2.45, 2.75) is 51.4 Å². The van der Waals surface area contributed by atoms with Gasteiger partial charge in [-0.3, -0.25) is 19.1 Å². The molecule has 0 unspecified atom stereocenters. The van der Waals surface area contributed by atoms with Crippen LogP contribution in [0.25, 0.3) is 11.3 Å². The van der Waals surface area contributed by atoms with E-state index < -0.39 is 23.8 Å². The molecule has 3 rings (SSSR count). The lowest BCUT2D eigenvalue weighted by Crippen LogP contribution is -2.52. The average Bonchev–Trinajstić information content (AvgIpc) is 2.74. The summed E-state index contributed by atoms with van der Waals surface area (Å²) in [7, 11) is 0. The van der Waals surface area contributed by atoms with Gasteiger partial charge in [0.05, 0.1) is 11.3 Å². The number of carbonyl (C=O) groups is 1. The molecule has 0 radical (unpaired) electrons. The van der Waals surface area contributed by atoms with Crippen molar-refractivity contribution in [3.8, 4) is 11.3 Å². The number of piperazine rings is 1. The van der Waals surface area contributed by atoms with Crippen LogP contribution in [0.3, 0.4) is 0 Å². The summed E-state index contributed by atoms with van der Waals surface area (Å²) in [6, 6.07) is 7.90. The molecule has 1 fully saturated rings. The van der Waals surface area contributed by atoms with Crippen molar-refractivity contribution >= 4 is 17.5 Å². The van der Waals surface area contributed by atoms with Crippen molar-refractivity contribution in [3.63, 3.8) is 0 Å². The van der Waals surface area contributed by atoms with Gasteiger partial charge in [-0.15, -0.1) is 0 Å². The molecule has 0 bridgehead atoms. The maximum atomic E-state index is 13.0. The lowest BCUT2D eigenvalue weighted by molar-refractivity contribution is -0.136. The minimum absolute atomic E-state index is 0.0944. The van der Waals surface area contributed by atoms with Gasteiger partial charge in [0.15, 0.2) is 0 Å². The molecule has 1 saturated heterocycles. The SMILES string of the molecule is CC(C)(O)CN1CCN(C(=O)Cn2c(CCCC(F)(F)F)nc(-c3ccc(Cl)cc3)cc2=O)CC1. The molecule has 1 aliphatic heterocycles. The van der Waals surface area contributed by atoms with Crippen LogP contribution in [0.15, 0.2) is 35.1 Å². The van der Waals surface area contributed by atoms with Crippen LogP contribution in [0.5, 0.6) is 0 Å². The van der Waals surface area contributed by atoms with Crippen LogP contribution >= 0.6 is 11.6 Å². The zero-order valence-corrected chi connectivity index (χ0v) is 20.6. The maximum absolute atomic E-state index is 13.0. The zero-order valence-electron chi connectivity index (χ0n) is 19.8. The van der Waals surface area contributed by atoms with Crippen molar-refractivity contribution in [2.75, 3.05) is 32.7 Å². The number of halogens is 4. The molecule has 1 aromatic heterocycles. The van der Waals surface area contributed by atoms with Crippen molar-refractivity contribution in [1.82, 2.24) is 19.4 Å². The Morgan fingerprint density at radius 1 is 1.11 bits per heavy atom. The second-order valence-corrected chi connectivity index (χ2v) is 9.86. The van der Waals surface area contributed by atoms with Gasteiger partial charge in [-0.1, -0.05) is 23.7 Å². The first-order valence-electron chi connectivity index (χ1n) is 11.5. The minimum atomic E-state index is -4.32. The van der Waals surface area contributed by atoms with Gasteiger partial charge in [0.1, 0.15) is 12.4 Å². The lowest BCUT2D eigenvalue weighted by atomic mass is 10.1. The number of hydrogen-bond donors (Lipinski definition) is 1. The fraction of sp³-hybridized carbons (Fsp3) is 0.542. The molecule has 1 N–H and O–H groups in total. The third-order valence-electron chi connectivity index (χ3n) is 5.72. The van der Waals surface area contributed by atoms with E-state index in [2.05, 4.69) is 9.88 Å². The number of benzene rings is 1. The standard InChI is InChI=1S/C24H30ClF3N4O3/c1-23(2,35)16-30-10-12-31(13-11-30)22(34)15-32-20(4-3-9-24(26,27)28)29-19(14-21(32)33)17-5-7-18(25)8-6-17/h5-8,14,35H,3-4,9-13,15-16H2,1-2H3. The predicted octanol–water partition coefficient (Wildman–Crippen LogP) is 3.36. The molecule has 1 amide bonds. The molecule has 0 saturated carbocycles. The Morgan fingerprint density at radius 3 is 2.31 bits per heavy atom. The minimum Gasteiger partial charge on any atom is -0.389 e. The smallest absolute Gasteiger partial charge is 0.389 e. The van der Waals surface area contributed by atoms with E-state index in [-0.39, 0.29) is 31.1 Å². The molecule has 1 aliphatic rings. The number of amides is 1. The van der Waals surface area contributed by atoms with E-state index in [4.69, 9.17) is 11.6 Å². The monoisotopic (exact) mass is 514 g/mol. The summed E-state index contributed by atoms with van der Waals surface area (Å²) in [6.07, 6.45) is -5.67. The van der Waals surface area contributed by atoms with Crippen molar-refractivity contribution < 1.29 is 23.1 Å². The Morgan fingerprint density at radius 2 is 1.74 bits per heavy atom. The highest BCUT2D eigenvalue weighted by Gasteiger charge is 2.28. The third kappa shape index (κ3) is 8.33. The third-order valence-corrected chi connectivity index (χ3v) is 5.97. The summed E-state index contributed by atoms with van der Waals surface area (Å²) in [6.45, 7) is 5.66. The number of β-amino-alcohol motifs (C(OH)–C–C–N with tert-alkyl or cyclic N) is 1. The summed E-state index contributed by atoms with van der Waals surface area (Å²) < 4.78 is 39.3. The number of aliphatic hydroxyl groups is 1. The fourth-order valence-electron chi connectivity index (χ4n) is 4.07. The highest BCUT2D eigenvalue weighted by molar-refractivity contribution is 6.30. The largest absolute Gasteiger partial charge is 0.389 e. The van der Waals surface area contributed by atoms with Crippen LogP contribution in [-0.4, -0.2) is 74.9 Å². The Kier molecular flexibility index (Phi) is 8.61. The number of carbonyl (C=O) groups excluding carboxylic acids is 1. The highest BCUT2D eigenvalue weighted by Crippen LogP contribution is 2.23. The molecule has 35 heavy (non-hydrogen) atoms. The maximum Gasteiger partial charge on any atom is 0.389 e. The van der Waals surface area contributed by atoms with Gasteiger partial charge in [-0.25, -0.2) is 4.98 Å². The molecule has 1 aromatic carbocycles. The molecule has 0 atom stereocenters. The van der Waals surface area contributed by atoms with E-state index >= 15 is 0 Å². The van der Waals surface area contributed by atoms with Crippen LogP contribution in [0, 0.1) is 0 Å². The van der Waals surface area contributed by atoms with E-state index in [0.29, 0.717) is 49.0 Å². The highest BCUT2D eigenvalue weighted by atomic mass is 35.5.